The van der Waals surface area contributed by atoms with Crippen molar-refractivity contribution in [2.24, 2.45) is 0 Å². The number of hydrogen-bond donors (Lipinski definition) is 2. The van der Waals surface area contributed by atoms with Gasteiger partial charge in [0, 0.05) is 5.56 Å². The zero-order valence-electron chi connectivity index (χ0n) is 8.73. The second-order valence-electron chi connectivity index (χ2n) is 4.05. The first-order valence-corrected chi connectivity index (χ1v) is 5.31. The molecule has 1 aromatic carbocycles. The van der Waals surface area contributed by atoms with Crippen molar-refractivity contribution in [2.45, 2.75) is 19.3 Å². The van der Waals surface area contributed by atoms with Crippen LogP contribution < -0.4 is 5.73 Å². The lowest BCUT2D eigenvalue weighted by Crippen LogP contribution is -1.91. The van der Waals surface area contributed by atoms with Gasteiger partial charge in [-0.3, -0.25) is 0 Å². The zero-order valence-corrected chi connectivity index (χ0v) is 8.73. The summed E-state index contributed by atoms with van der Waals surface area (Å²) in [5.41, 5.74) is 9.63. The van der Waals surface area contributed by atoms with E-state index >= 15 is 0 Å². The smallest absolute Gasteiger partial charge is 0.230 e. The number of nitrogen functional groups attached to an aromatic ring is 1. The molecule has 16 heavy (non-hydrogen) atoms. The number of phenolic OH excluding ortho intramolecular Hbond substituents is 1. The lowest BCUT2D eigenvalue weighted by Gasteiger charge is -2.09. The number of nitrogens with zero attached hydrogens (tertiary/aromatic N) is 1. The van der Waals surface area contributed by atoms with Crippen LogP contribution in [0.4, 0.5) is 5.88 Å². The molecule has 1 aliphatic carbocycles. The van der Waals surface area contributed by atoms with E-state index in [2.05, 4.69) is 5.16 Å². The third-order valence-electron chi connectivity index (χ3n) is 3.13. The molecule has 4 nitrogen and oxygen atoms in total. The number of fused-ring (bicyclic) bond motifs is 1. The summed E-state index contributed by atoms with van der Waals surface area (Å²) in [5, 5.41) is 13.6. The lowest BCUT2D eigenvalue weighted by molar-refractivity contribution is 0.436. The van der Waals surface area contributed by atoms with Gasteiger partial charge < -0.3 is 15.4 Å². The average molecular weight is 216 g/mol. The number of nitrogens with two attached hydrogens (primary N) is 1. The van der Waals surface area contributed by atoms with Gasteiger partial charge in [0.25, 0.3) is 0 Å². The minimum absolute atomic E-state index is 0.246. The van der Waals surface area contributed by atoms with Gasteiger partial charge in [0.1, 0.15) is 5.75 Å². The third kappa shape index (κ3) is 1.19. The van der Waals surface area contributed by atoms with Crippen molar-refractivity contribution in [3.8, 4) is 16.9 Å². The van der Waals surface area contributed by atoms with Crippen molar-refractivity contribution in [3.63, 3.8) is 0 Å². The van der Waals surface area contributed by atoms with Crippen LogP contribution in [0.15, 0.2) is 22.9 Å². The number of aromatic nitrogens is 1. The van der Waals surface area contributed by atoms with E-state index in [0.717, 1.165) is 24.8 Å². The van der Waals surface area contributed by atoms with Gasteiger partial charge in [-0.1, -0.05) is 11.2 Å². The van der Waals surface area contributed by atoms with E-state index in [1.165, 1.54) is 11.1 Å². The highest BCUT2D eigenvalue weighted by molar-refractivity contribution is 5.80. The Kier molecular flexibility index (Phi) is 1.89. The molecule has 82 valence electrons. The summed E-state index contributed by atoms with van der Waals surface area (Å²) < 4.78 is 4.85. The Morgan fingerprint density at radius 3 is 2.94 bits per heavy atom. The molecule has 0 saturated heterocycles. The SMILES string of the molecule is Nc1oncc1-c1c(O)ccc2c1CCC2. The van der Waals surface area contributed by atoms with Gasteiger partial charge in [-0.2, -0.15) is 0 Å². The summed E-state index contributed by atoms with van der Waals surface area (Å²) in [6.07, 6.45) is 4.72. The van der Waals surface area contributed by atoms with E-state index in [9.17, 15) is 5.11 Å². The number of aryl methyl sites for hydroxylation is 1. The highest BCUT2D eigenvalue weighted by Crippen LogP contribution is 2.40. The largest absolute Gasteiger partial charge is 0.507 e. The number of anilines is 1. The van der Waals surface area contributed by atoms with Gasteiger partial charge in [-0.05, 0) is 36.5 Å². The number of benzene rings is 1. The Bertz CT molecular complexity index is 546. The van der Waals surface area contributed by atoms with Crippen molar-refractivity contribution < 1.29 is 9.63 Å². The Hall–Kier alpha value is -1.97. The van der Waals surface area contributed by atoms with Gasteiger partial charge in [0.2, 0.25) is 5.88 Å². The molecule has 0 amide bonds. The van der Waals surface area contributed by atoms with Crippen LogP contribution in [0.2, 0.25) is 0 Å². The molecule has 1 aliphatic rings. The standard InChI is InChI=1S/C12H12N2O2/c13-12-9(6-14-16-12)11-8-3-1-2-7(8)4-5-10(11)15/h4-6,15H,1-3,13H2. The zero-order chi connectivity index (χ0) is 11.1. The second-order valence-corrected chi connectivity index (χ2v) is 4.05. The average Bonchev–Trinajstić information content (AvgIpc) is 2.87. The Balaban J connectivity index is 2.28. The van der Waals surface area contributed by atoms with Crippen LogP contribution in [0.5, 0.6) is 5.75 Å². The number of phenols is 1. The second kappa shape index (κ2) is 3.27. The summed E-state index contributed by atoms with van der Waals surface area (Å²) in [6.45, 7) is 0. The fraction of sp³-hybridized carbons (Fsp3) is 0.250. The van der Waals surface area contributed by atoms with Crippen molar-refractivity contribution in [1.29, 1.82) is 0 Å². The Morgan fingerprint density at radius 2 is 2.19 bits per heavy atom. The Morgan fingerprint density at radius 1 is 1.31 bits per heavy atom. The molecule has 0 radical (unpaired) electrons. The maximum atomic E-state index is 9.95. The van der Waals surface area contributed by atoms with E-state index in [-0.39, 0.29) is 11.6 Å². The molecule has 1 aromatic heterocycles. The van der Waals surface area contributed by atoms with Crippen LogP contribution in [0.1, 0.15) is 17.5 Å². The normalized spacial score (nSPS) is 14.0. The van der Waals surface area contributed by atoms with Crippen LogP contribution in [-0.2, 0) is 12.8 Å². The summed E-state index contributed by atoms with van der Waals surface area (Å²) in [4.78, 5) is 0. The van der Waals surface area contributed by atoms with Gasteiger partial charge in [-0.25, -0.2) is 0 Å². The fourth-order valence-electron chi connectivity index (χ4n) is 2.39. The van der Waals surface area contributed by atoms with E-state index in [4.69, 9.17) is 10.3 Å². The van der Waals surface area contributed by atoms with Gasteiger partial charge in [0.15, 0.2) is 0 Å². The molecule has 2 aromatic rings. The maximum Gasteiger partial charge on any atom is 0.230 e. The van der Waals surface area contributed by atoms with Crippen molar-refractivity contribution in [3.05, 3.63) is 29.5 Å². The molecule has 3 rings (SSSR count). The van der Waals surface area contributed by atoms with Gasteiger partial charge in [-0.15, -0.1) is 0 Å². The molecule has 0 unspecified atom stereocenters. The van der Waals surface area contributed by atoms with Crippen LogP contribution in [0.3, 0.4) is 0 Å². The minimum Gasteiger partial charge on any atom is -0.507 e. The number of rotatable bonds is 1. The van der Waals surface area contributed by atoms with Crippen LogP contribution in [0, 0.1) is 0 Å². The van der Waals surface area contributed by atoms with Crippen LogP contribution in [0.25, 0.3) is 11.1 Å². The summed E-state index contributed by atoms with van der Waals surface area (Å²) in [5.74, 6) is 0.506. The molecule has 0 fully saturated rings. The molecule has 0 atom stereocenters. The van der Waals surface area contributed by atoms with Crippen LogP contribution in [-0.4, -0.2) is 10.3 Å². The Labute approximate surface area is 92.7 Å². The van der Waals surface area contributed by atoms with Crippen molar-refractivity contribution >= 4 is 5.88 Å². The summed E-state index contributed by atoms with van der Waals surface area (Å²) in [7, 11) is 0. The molecule has 0 spiro atoms. The molecule has 0 aliphatic heterocycles. The van der Waals surface area contributed by atoms with E-state index in [1.807, 2.05) is 6.07 Å². The summed E-state index contributed by atoms with van der Waals surface area (Å²) >= 11 is 0. The molecular weight excluding hydrogens is 204 g/mol. The van der Waals surface area contributed by atoms with E-state index in [1.54, 1.807) is 12.3 Å². The van der Waals surface area contributed by atoms with E-state index < -0.39 is 0 Å². The number of hydrogen-bond acceptors (Lipinski definition) is 4. The highest BCUT2D eigenvalue weighted by Gasteiger charge is 2.21. The predicted octanol–water partition coefficient (Wildman–Crippen LogP) is 2.12. The lowest BCUT2D eigenvalue weighted by atomic mass is 9.97. The summed E-state index contributed by atoms with van der Waals surface area (Å²) in [6, 6.07) is 3.69. The monoisotopic (exact) mass is 216 g/mol. The molecule has 1 heterocycles. The topological polar surface area (TPSA) is 72.3 Å². The molecule has 0 bridgehead atoms. The molecule has 0 saturated carbocycles. The quantitative estimate of drug-likeness (QED) is 0.765. The molecular formula is C12H12N2O2. The van der Waals surface area contributed by atoms with Gasteiger partial charge >= 0.3 is 0 Å². The van der Waals surface area contributed by atoms with Crippen molar-refractivity contribution in [2.75, 3.05) is 5.73 Å². The molecule has 3 N–H and O–H groups in total. The predicted molar refractivity (Wildman–Crippen MR) is 60.0 cm³/mol. The third-order valence-corrected chi connectivity index (χ3v) is 3.13. The molecule has 4 heteroatoms. The number of aromatic hydroxyl groups is 1. The van der Waals surface area contributed by atoms with Crippen molar-refractivity contribution in [1.82, 2.24) is 5.16 Å². The fourth-order valence-corrected chi connectivity index (χ4v) is 2.39. The highest BCUT2D eigenvalue weighted by atomic mass is 16.5. The van der Waals surface area contributed by atoms with Crippen LogP contribution >= 0.6 is 0 Å². The first-order chi connectivity index (χ1) is 7.77. The van der Waals surface area contributed by atoms with E-state index in [0.29, 0.717) is 5.56 Å². The minimum atomic E-state index is 0.246. The first-order valence-electron chi connectivity index (χ1n) is 5.31. The maximum absolute atomic E-state index is 9.95. The van der Waals surface area contributed by atoms with Gasteiger partial charge in [0.05, 0.1) is 11.8 Å². The first kappa shape index (κ1) is 9.27.